The van der Waals surface area contributed by atoms with Crippen LogP contribution in [0.2, 0.25) is 0 Å². The third-order valence-electron chi connectivity index (χ3n) is 3.42. The van der Waals surface area contributed by atoms with Crippen molar-refractivity contribution in [2.75, 3.05) is 6.61 Å². The van der Waals surface area contributed by atoms with E-state index >= 15 is 0 Å². The predicted molar refractivity (Wildman–Crippen MR) is 93.2 cm³/mol. The van der Waals surface area contributed by atoms with E-state index in [9.17, 15) is 0 Å². The SMILES string of the molecule is CCOC(C)[Si]1(I)N(C(C)(C)C)C=CN1C(C)(C)C. The molecule has 1 aliphatic heterocycles. The molecule has 1 aliphatic rings. The molecule has 112 valence electrons. The van der Waals surface area contributed by atoms with Gasteiger partial charge < -0.3 is 13.9 Å². The minimum atomic E-state index is -1.94. The highest BCUT2D eigenvalue weighted by atomic mass is 127. The highest BCUT2D eigenvalue weighted by Gasteiger charge is 2.56. The van der Waals surface area contributed by atoms with Crippen molar-refractivity contribution in [2.24, 2.45) is 0 Å². The average Bonchev–Trinajstić information content (AvgIpc) is 2.56. The second-order valence-electron chi connectivity index (χ2n) is 7.11. The standard InChI is InChI=1S/C14H29IN2OSi/c1-9-18-12(2)19(15)16(13(3,4)5)10-11-17(19)14(6,7)8/h10-12H,9H2,1-8H3. The summed E-state index contributed by atoms with van der Waals surface area (Å²) in [5.74, 6) is -1.94. The van der Waals surface area contributed by atoms with Gasteiger partial charge in [0.2, 0.25) is 0 Å². The third-order valence-corrected chi connectivity index (χ3v) is 13.4. The molecule has 0 N–H and O–H groups in total. The number of hydrogen-bond acceptors (Lipinski definition) is 3. The van der Waals surface area contributed by atoms with Crippen LogP contribution >= 0.6 is 21.8 Å². The Kier molecular flexibility index (Phi) is 5.06. The summed E-state index contributed by atoms with van der Waals surface area (Å²) in [5, 5.41) is 0. The summed E-state index contributed by atoms with van der Waals surface area (Å²) in [6, 6.07) is 0. The van der Waals surface area contributed by atoms with Gasteiger partial charge in [-0.05, 0) is 55.4 Å². The Bertz CT molecular complexity index is 322. The first-order valence-corrected chi connectivity index (χ1v) is 12.1. The second kappa shape index (κ2) is 5.56. The van der Waals surface area contributed by atoms with E-state index in [4.69, 9.17) is 4.74 Å². The lowest BCUT2D eigenvalue weighted by molar-refractivity contribution is 0.104. The number of ether oxygens (including phenoxy) is 1. The number of halogens is 1. The van der Waals surface area contributed by atoms with Gasteiger partial charge >= 0.3 is 5.89 Å². The van der Waals surface area contributed by atoms with Crippen LogP contribution < -0.4 is 0 Å². The topological polar surface area (TPSA) is 15.7 Å². The summed E-state index contributed by atoms with van der Waals surface area (Å²) < 4.78 is 11.1. The molecule has 0 aromatic carbocycles. The van der Waals surface area contributed by atoms with Gasteiger partial charge in [0.1, 0.15) is 0 Å². The molecule has 1 heterocycles. The van der Waals surface area contributed by atoms with E-state index in [0.29, 0.717) is 0 Å². The number of nitrogens with zero attached hydrogens (tertiary/aromatic N) is 2. The van der Waals surface area contributed by atoms with Gasteiger partial charge in [-0.2, -0.15) is 0 Å². The molecule has 5 heteroatoms. The molecule has 0 radical (unpaired) electrons. The second-order valence-corrected chi connectivity index (χ2v) is 14.9. The van der Waals surface area contributed by atoms with Crippen molar-refractivity contribution >= 4 is 27.7 Å². The molecule has 0 saturated carbocycles. The van der Waals surface area contributed by atoms with E-state index in [1.165, 1.54) is 0 Å². The van der Waals surface area contributed by atoms with Crippen molar-refractivity contribution in [1.82, 2.24) is 9.13 Å². The van der Waals surface area contributed by atoms with Crippen LogP contribution in [-0.4, -0.2) is 38.4 Å². The Labute approximate surface area is 132 Å². The van der Waals surface area contributed by atoms with Gasteiger partial charge in [-0.25, -0.2) is 0 Å². The van der Waals surface area contributed by atoms with Gasteiger partial charge in [0.15, 0.2) is 0 Å². The minimum Gasteiger partial charge on any atom is -0.377 e. The van der Waals surface area contributed by atoms with Gasteiger partial charge in [0.25, 0.3) is 0 Å². The first-order valence-electron chi connectivity index (χ1n) is 7.03. The fraction of sp³-hybridized carbons (Fsp3) is 0.857. The van der Waals surface area contributed by atoms with Gasteiger partial charge in [-0.1, -0.05) is 21.8 Å². The molecule has 0 fully saturated rings. The summed E-state index contributed by atoms with van der Waals surface area (Å²) >= 11 is 2.69. The van der Waals surface area contributed by atoms with Crippen molar-refractivity contribution in [1.29, 1.82) is 0 Å². The zero-order valence-electron chi connectivity index (χ0n) is 13.6. The molecule has 0 bridgehead atoms. The van der Waals surface area contributed by atoms with Crippen molar-refractivity contribution in [3.8, 4) is 0 Å². The van der Waals surface area contributed by atoms with Gasteiger partial charge in [0.05, 0.1) is 5.73 Å². The van der Waals surface area contributed by atoms with E-state index in [-0.39, 0.29) is 16.8 Å². The smallest absolute Gasteiger partial charge is 0.362 e. The monoisotopic (exact) mass is 396 g/mol. The van der Waals surface area contributed by atoms with E-state index in [1.54, 1.807) is 0 Å². The normalized spacial score (nSPS) is 21.1. The van der Waals surface area contributed by atoms with Crippen LogP contribution in [0.5, 0.6) is 0 Å². The molecular formula is C14H29IN2OSi. The van der Waals surface area contributed by atoms with E-state index in [2.05, 4.69) is 98.7 Å². The quantitative estimate of drug-likeness (QED) is 0.407. The average molecular weight is 396 g/mol. The fourth-order valence-corrected chi connectivity index (χ4v) is 12.3. The highest BCUT2D eigenvalue weighted by molar-refractivity contribution is 14.1. The molecule has 0 aromatic heterocycles. The molecular weight excluding hydrogens is 367 g/mol. The summed E-state index contributed by atoms with van der Waals surface area (Å²) in [6.45, 7) is 18.8. The molecule has 0 amide bonds. The maximum absolute atomic E-state index is 6.01. The van der Waals surface area contributed by atoms with Crippen LogP contribution in [0, 0.1) is 0 Å². The lowest BCUT2D eigenvalue weighted by Gasteiger charge is -2.51. The summed E-state index contributed by atoms with van der Waals surface area (Å²) in [4.78, 5) is 0. The molecule has 0 saturated heterocycles. The maximum Gasteiger partial charge on any atom is 0.362 e. The molecule has 0 spiro atoms. The first kappa shape index (κ1) is 17.3. The molecule has 0 aliphatic carbocycles. The summed E-state index contributed by atoms with van der Waals surface area (Å²) in [6.07, 6.45) is 4.53. The molecule has 3 nitrogen and oxygen atoms in total. The highest BCUT2D eigenvalue weighted by Crippen LogP contribution is 2.42. The van der Waals surface area contributed by atoms with Crippen molar-refractivity contribution in [3.05, 3.63) is 12.4 Å². The van der Waals surface area contributed by atoms with Crippen LogP contribution in [0.1, 0.15) is 55.4 Å². The van der Waals surface area contributed by atoms with Crippen molar-refractivity contribution in [3.63, 3.8) is 0 Å². The first-order chi connectivity index (χ1) is 8.45. The largest absolute Gasteiger partial charge is 0.377 e. The van der Waals surface area contributed by atoms with Crippen LogP contribution in [-0.2, 0) is 4.74 Å². The summed E-state index contributed by atoms with van der Waals surface area (Å²) in [7, 11) is 0. The Morgan fingerprint density at radius 2 is 1.42 bits per heavy atom. The van der Waals surface area contributed by atoms with Gasteiger partial charge in [-0.3, -0.25) is 0 Å². The zero-order valence-corrected chi connectivity index (χ0v) is 16.8. The summed E-state index contributed by atoms with van der Waals surface area (Å²) in [5.41, 5.74) is 0.497. The Morgan fingerprint density at radius 1 is 1.05 bits per heavy atom. The Hall–Kier alpha value is 0.247. The van der Waals surface area contributed by atoms with Crippen LogP contribution in [0.15, 0.2) is 12.4 Å². The molecule has 1 rings (SSSR count). The van der Waals surface area contributed by atoms with Crippen molar-refractivity contribution in [2.45, 2.75) is 72.2 Å². The lowest BCUT2D eigenvalue weighted by atomic mass is 10.1. The number of hydrogen-bond donors (Lipinski definition) is 0. The molecule has 1 atom stereocenters. The maximum atomic E-state index is 6.01. The van der Waals surface area contributed by atoms with Crippen molar-refractivity contribution < 1.29 is 4.74 Å². The van der Waals surface area contributed by atoms with E-state index in [1.807, 2.05) is 0 Å². The zero-order chi connectivity index (χ0) is 15.1. The fourth-order valence-electron chi connectivity index (χ4n) is 2.59. The molecule has 0 aromatic rings. The minimum absolute atomic E-state index is 0.120. The Morgan fingerprint density at radius 3 is 1.68 bits per heavy atom. The molecule has 19 heavy (non-hydrogen) atoms. The van der Waals surface area contributed by atoms with E-state index < -0.39 is 5.89 Å². The molecule has 1 unspecified atom stereocenters. The van der Waals surface area contributed by atoms with E-state index in [0.717, 1.165) is 6.61 Å². The van der Waals surface area contributed by atoms with Crippen LogP contribution in [0.4, 0.5) is 0 Å². The van der Waals surface area contributed by atoms with Gasteiger partial charge in [-0.15, -0.1) is 0 Å². The van der Waals surface area contributed by atoms with Crippen LogP contribution in [0.25, 0.3) is 0 Å². The van der Waals surface area contributed by atoms with Gasteiger partial charge in [0, 0.05) is 30.1 Å². The predicted octanol–water partition coefficient (Wildman–Crippen LogP) is 4.01. The van der Waals surface area contributed by atoms with Crippen LogP contribution in [0.3, 0.4) is 0 Å². The number of rotatable bonds is 3. The lowest BCUT2D eigenvalue weighted by Crippen LogP contribution is -2.69. The Balaban J connectivity index is 3.21. The third kappa shape index (κ3) is 3.29.